The Balaban J connectivity index is 1.99. The van der Waals surface area contributed by atoms with Crippen molar-refractivity contribution in [1.29, 1.82) is 0 Å². The van der Waals surface area contributed by atoms with Crippen LogP contribution in [0.4, 0.5) is 0 Å². The van der Waals surface area contributed by atoms with Crippen LogP contribution in [0.25, 0.3) is 0 Å². The molecule has 0 aliphatic heterocycles. The molecule has 0 bridgehead atoms. The van der Waals surface area contributed by atoms with Gasteiger partial charge < -0.3 is 19.9 Å². The van der Waals surface area contributed by atoms with Gasteiger partial charge in [0.25, 0.3) is 0 Å². The van der Waals surface area contributed by atoms with E-state index in [9.17, 15) is 5.11 Å². The van der Waals surface area contributed by atoms with Crippen LogP contribution >= 0.6 is 15.9 Å². The lowest BCUT2D eigenvalue weighted by Gasteiger charge is -2.15. The predicted octanol–water partition coefficient (Wildman–Crippen LogP) is 2.72. The van der Waals surface area contributed by atoms with Crippen LogP contribution in [0.1, 0.15) is 25.3 Å². The molecule has 112 valence electrons. The van der Waals surface area contributed by atoms with E-state index in [1.165, 1.54) is 0 Å². The number of halogens is 1. The first-order valence-corrected chi connectivity index (χ1v) is 7.74. The van der Waals surface area contributed by atoms with Crippen LogP contribution in [0.5, 0.6) is 11.5 Å². The molecule has 0 unspecified atom stereocenters. The Labute approximate surface area is 128 Å². The number of aliphatic hydroxyl groups excluding tert-OH is 1. The van der Waals surface area contributed by atoms with Gasteiger partial charge in [0, 0.05) is 25.1 Å². The van der Waals surface area contributed by atoms with Gasteiger partial charge in [-0.25, -0.2) is 0 Å². The third kappa shape index (κ3) is 3.65. The Morgan fingerprint density at radius 1 is 1.40 bits per heavy atom. The molecule has 1 aromatic rings. The third-order valence-corrected chi connectivity index (χ3v) is 4.29. The fourth-order valence-corrected chi connectivity index (χ4v) is 2.80. The van der Waals surface area contributed by atoms with Crippen LogP contribution in [0.3, 0.4) is 0 Å². The summed E-state index contributed by atoms with van der Waals surface area (Å²) in [6.45, 7) is 4.44. The fraction of sp³-hybridized carbons (Fsp3) is 0.600. The molecule has 0 aromatic heterocycles. The molecule has 2 N–H and O–H groups in total. The minimum absolute atomic E-state index is 0.132. The summed E-state index contributed by atoms with van der Waals surface area (Å²) in [5, 5.41) is 12.7. The van der Waals surface area contributed by atoms with E-state index in [1.54, 1.807) is 7.11 Å². The molecular formula is C15H22BrNO3. The van der Waals surface area contributed by atoms with E-state index < -0.39 is 0 Å². The van der Waals surface area contributed by atoms with Crippen LogP contribution in [-0.4, -0.2) is 32.0 Å². The van der Waals surface area contributed by atoms with Crippen molar-refractivity contribution < 1.29 is 14.6 Å². The molecule has 1 fully saturated rings. The van der Waals surface area contributed by atoms with Gasteiger partial charge in [-0.15, -0.1) is 0 Å². The normalized spacial score (nSPS) is 16.0. The Kier molecular flexibility index (Phi) is 5.29. The molecule has 0 amide bonds. The summed E-state index contributed by atoms with van der Waals surface area (Å²) in [5.41, 5.74) is 1.26. The van der Waals surface area contributed by atoms with E-state index in [1.807, 2.05) is 19.1 Å². The summed E-state index contributed by atoms with van der Waals surface area (Å²) >= 11 is 3.52. The summed E-state index contributed by atoms with van der Waals surface area (Å²) in [6.07, 6.45) is 2.24. The van der Waals surface area contributed by atoms with Crippen molar-refractivity contribution >= 4 is 15.9 Å². The van der Waals surface area contributed by atoms with Crippen molar-refractivity contribution in [2.24, 2.45) is 5.41 Å². The van der Waals surface area contributed by atoms with E-state index >= 15 is 0 Å². The molecule has 5 heteroatoms. The molecule has 1 aliphatic carbocycles. The first-order valence-electron chi connectivity index (χ1n) is 6.95. The highest BCUT2D eigenvalue weighted by molar-refractivity contribution is 9.10. The van der Waals surface area contributed by atoms with Crippen LogP contribution in [0.2, 0.25) is 0 Å². The second kappa shape index (κ2) is 6.78. The minimum atomic E-state index is 0.132. The van der Waals surface area contributed by atoms with E-state index in [2.05, 4.69) is 21.2 Å². The highest BCUT2D eigenvalue weighted by Gasteiger charge is 2.41. The molecule has 0 atom stereocenters. The first-order chi connectivity index (χ1) is 9.64. The maximum absolute atomic E-state index is 9.29. The molecule has 2 rings (SSSR count). The van der Waals surface area contributed by atoms with Crippen LogP contribution in [0.15, 0.2) is 16.6 Å². The van der Waals surface area contributed by atoms with Gasteiger partial charge in [0.05, 0.1) is 18.2 Å². The summed E-state index contributed by atoms with van der Waals surface area (Å²) in [7, 11) is 1.65. The topological polar surface area (TPSA) is 50.7 Å². The van der Waals surface area contributed by atoms with E-state index in [-0.39, 0.29) is 12.0 Å². The SMILES string of the molecule is CCOc1c(Br)cc(CNCC2(CO)CC2)cc1OC. The molecule has 1 aliphatic rings. The molecule has 20 heavy (non-hydrogen) atoms. The number of benzene rings is 1. The average molecular weight is 344 g/mol. The minimum Gasteiger partial charge on any atom is -0.493 e. The van der Waals surface area contributed by atoms with E-state index in [0.717, 1.165) is 47.5 Å². The van der Waals surface area contributed by atoms with Crippen molar-refractivity contribution in [3.05, 3.63) is 22.2 Å². The Morgan fingerprint density at radius 3 is 2.70 bits per heavy atom. The van der Waals surface area contributed by atoms with Gasteiger partial charge in [-0.3, -0.25) is 0 Å². The highest BCUT2D eigenvalue weighted by atomic mass is 79.9. The first kappa shape index (κ1) is 15.6. The standard InChI is InChI=1S/C15H22BrNO3/c1-3-20-14-12(16)6-11(7-13(14)19-2)8-17-9-15(10-18)4-5-15/h6-7,17-18H,3-5,8-10H2,1-2H3. The number of hydrogen-bond donors (Lipinski definition) is 2. The van der Waals surface area contributed by atoms with Crippen LogP contribution in [-0.2, 0) is 6.54 Å². The zero-order valence-electron chi connectivity index (χ0n) is 12.0. The molecule has 4 nitrogen and oxygen atoms in total. The zero-order chi connectivity index (χ0) is 14.6. The number of methoxy groups -OCH3 is 1. The number of hydrogen-bond acceptors (Lipinski definition) is 4. The van der Waals surface area contributed by atoms with E-state index in [0.29, 0.717) is 6.61 Å². The van der Waals surface area contributed by atoms with Crippen molar-refractivity contribution in [2.45, 2.75) is 26.3 Å². The van der Waals surface area contributed by atoms with Crippen molar-refractivity contribution in [2.75, 3.05) is 26.9 Å². The lowest BCUT2D eigenvalue weighted by molar-refractivity contribution is 0.207. The number of nitrogens with one attached hydrogen (secondary N) is 1. The average Bonchev–Trinajstić information content (AvgIpc) is 3.22. The van der Waals surface area contributed by atoms with Gasteiger partial charge in [-0.1, -0.05) is 0 Å². The molecular weight excluding hydrogens is 322 g/mol. The van der Waals surface area contributed by atoms with Gasteiger partial charge in [0.1, 0.15) is 0 Å². The van der Waals surface area contributed by atoms with Gasteiger partial charge in [0.15, 0.2) is 11.5 Å². The Morgan fingerprint density at radius 2 is 2.15 bits per heavy atom. The number of aliphatic hydroxyl groups is 1. The number of rotatable bonds is 8. The molecule has 1 saturated carbocycles. The fourth-order valence-electron chi connectivity index (χ4n) is 2.20. The van der Waals surface area contributed by atoms with E-state index in [4.69, 9.17) is 9.47 Å². The summed E-state index contributed by atoms with van der Waals surface area (Å²) < 4.78 is 11.9. The van der Waals surface area contributed by atoms with Crippen molar-refractivity contribution in [3.8, 4) is 11.5 Å². The van der Waals surface area contributed by atoms with Crippen LogP contribution in [0, 0.1) is 5.41 Å². The zero-order valence-corrected chi connectivity index (χ0v) is 13.6. The Bertz CT molecular complexity index is 461. The molecule has 1 aromatic carbocycles. The summed E-state index contributed by atoms with van der Waals surface area (Å²) in [4.78, 5) is 0. The van der Waals surface area contributed by atoms with Gasteiger partial charge in [0.2, 0.25) is 0 Å². The molecule has 0 heterocycles. The summed E-state index contributed by atoms with van der Waals surface area (Å²) in [6, 6.07) is 4.03. The monoisotopic (exact) mass is 343 g/mol. The lowest BCUT2D eigenvalue weighted by Crippen LogP contribution is -2.26. The van der Waals surface area contributed by atoms with Crippen molar-refractivity contribution in [3.63, 3.8) is 0 Å². The van der Waals surface area contributed by atoms with Gasteiger partial charge in [-0.05, 0) is 53.4 Å². The maximum atomic E-state index is 9.29. The largest absolute Gasteiger partial charge is 0.493 e. The third-order valence-electron chi connectivity index (χ3n) is 3.70. The molecule has 0 radical (unpaired) electrons. The van der Waals surface area contributed by atoms with Gasteiger partial charge >= 0.3 is 0 Å². The van der Waals surface area contributed by atoms with Crippen LogP contribution < -0.4 is 14.8 Å². The summed E-state index contributed by atoms with van der Waals surface area (Å²) in [5.74, 6) is 1.48. The molecule has 0 spiro atoms. The quantitative estimate of drug-likeness (QED) is 0.761. The highest BCUT2D eigenvalue weighted by Crippen LogP contribution is 2.44. The second-order valence-electron chi connectivity index (χ2n) is 5.30. The second-order valence-corrected chi connectivity index (χ2v) is 6.16. The van der Waals surface area contributed by atoms with Crippen molar-refractivity contribution in [1.82, 2.24) is 5.32 Å². The smallest absolute Gasteiger partial charge is 0.175 e. The number of ether oxygens (including phenoxy) is 2. The lowest BCUT2D eigenvalue weighted by atomic mass is 10.1. The van der Waals surface area contributed by atoms with Gasteiger partial charge in [-0.2, -0.15) is 0 Å². The maximum Gasteiger partial charge on any atom is 0.175 e. The molecule has 0 saturated heterocycles. The Hall–Kier alpha value is -0.780. The predicted molar refractivity (Wildman–Crippen MR) is 82.3 cm³/mol.